The van der Waals surface area contributed by atoms with E-state index in [2.05, 4.69) is 14.8 Å². The van der Waals surface area contributed by atoms with Gasteiger partial charge in [0.05, 0.1) is 6.61 Å². The predicted molar refractivity (Wildman–Crippen MR) is 122 cm³/mol. The fourth-order valence-electron chi connectivity index (χ4n) is 3.78. The largest absolute Gasteiger partial charge is 0.507 e. The number of esters is 1. The van der Waals surface area contributed by atoms with E-state index in [9.17, 15) is 23.1 Å². The Kier molecular flexibility index (Phi) is 7.60. The van der Waals surface area contributed by atoms with Gasteiger partial charge in [0.15, 0.2) is 0 Å². The average Bonchev–Trinajstić information content (AvgIpc) is 3.24. The average molecular weight is 477 g/mol. The molecule has 0 aromatic heterocycles. The van der Waals surface area contributed by atoms with Gasteiger partial charge in [0.1, 0.15) is 22.1 Å². The Hall–Kier alpha value is -3.11. The van der Waals surface area contributed by atoms with Crippen LogP contribution in [0.5, 0.6) is 17.2 Å². The van der Waals surface area contributed by atoms with Gasteiger partial charge in [0.25, 0.3) is 0 Å². The van der Waals surface area contributed by atoms with Gasteiger partial charge < -0.3 is 19.9 Å². The first-order valence-electron chi connectivity index (χ1n) is 10.7. The number of aryl methyl sites for hydroxylation is 2. The molecule has 178 valence electrons. The second-order valence-corrected chi connectivity index (χ2v) is 9.63. The number of aromatic hydroxyl groups is 1. The summed E-state index contributed by atoms with van der Waals surface area (Å²) in [6, 6.07) is 7.14. The molecule has 1 fully saturated rings. The molecule has 2 aromatic rings. The van der Waals surface area contributed by atoms with Gasteiger partial charge in [-0.3, -0.25) is 4.79 Å². The number of amides is 1. The van der Waals surface area contributed by atoms with Crippen LogP contribution < -0.4 is 14.8 Å². The second-order valence-electron chi connectivity index (χ2n) is 7.95. The predicted octanol–water partition coefficient (Wildman–Crippen LogP) is 3.52. The van der Waals surface area contributed by atoms with Crippen molar-refractivity contribution in [1.82, 2.24) is 4.72 Å². The van der Waals surface area contributed by atoms with Crippen molar-refractivity contribution in [3.05, 3.63) is 41.5 Å². The van der Waals surface area contributed by atoms with E-state index in [4.69, 9.17) is 4.74 Å². The standard InChI is InChI=1S/C23H28N2O7S/c1-4-31-23(28)22(27)24-17-11-14(2)21(15(3)12-17)32-18-9-10-19(26)20(13-18)33(29,30)25-16-7-5-6-8-16/h9-13,16,25-26H,4-8H2,1-3H3,(H,24,27). The van der Waals surface area contributed by atoms with Crippen molar-refractivity contribution in [2.75, 3.05) is 11.9 Å². The molecular formula is C23H28N2O7S. The minimum Gasteiger partial charge on any atom is -0.507 e. The van der Waals surface area contributed by atoms with E-state index in [1.807, 2.05) is 0 Å². The van der Waals surface area contributed by atoms with E-state index in [1.54, 1.807) is 32.9 Å². The molecule has 0 unspecified atom stereocenters. The third-order valence-corrected chi connectivity index (χ3v) is 6.85. The first-order valence-corrected chi connectivity index (χ1v) is 12.2. The number of carbonyl (C=O) groups is 2. The van der Waals surface area contributed by atoms with E-state index in [0.29, 0.717) is 22.6 Å². The lowest BCUT2D eigenvalue weighted by Gasteiger charge is -2.16. The molecule has 9 nitrogen and oxygen atoms in total. The van der Waals surface area contributed by atoms with Crippen LogP contribution in [0.25, 0.3) is 0 Å². The van der Waals surface area contributed by atoms with Crippen LogP contribution in [0.1, 0.15) is 43.7 Å². The summed E-state index contributed by atoms with van der Waals surface area (Å²) >= 11 is 0. The third kappa shape index (κ3) is 6.02. The summed E-state index contributed by atoms with van der Waals surface area (Å²) in [7, 11) is -3.91. The highest BCUT2D eigenvalue weighted by atomic mass is 32.2. The Morgan fingerprint density at radius 2 is 1.73 bits per heavy atom. The molecule has 2 aromatic carbocycles. The van der Waals surface area contributed by atoms with Crippen molar-refractivity contribution in [2.45, 2.75) is 57.4 Å². The van der Waals surface area contributed by atoms with Crippen LogP contribution in [0.3, 0.4) is 0 Å². The highest BCUT2D eigenvalue weighted by molar-refractivity contribution is 7.89. The SMILES string of the molecule is CCOC(=O)C(=O)Nc1cc(C)c(Oc2ccc(O)c(S(=O)(=O)NC3CCCC3)c2)c(C)c1. The van der Waals surface area contributed by atoms with Gasteiger partial charge in [-0.05, 0) is 69.0 Å². The monoisotopic (exact) mass is 476 g/mol. The Morgan fingerprint density at radius 1 is 1.09 bits per heavy atom. The normalized spacial score (nSPS) is 14.2. The molecular weight excluding hydrogens is 448 g/mol. The molecule has 0 atom stereocenters. The van der Waals surface area contributed by atoms with Crippen LogP contribution >= 0.6 is 0 Å². The molecule has 0 aliphatic heterocycles. The van der Waals surface area contributed by atoms with Crippen molar-refractivity contribution in [1.29, 1.82) is 0 Å². The van der Waals surface area contributed by atoms with Gasteiger partial charge >= 0.3 is 11.9 Å². The molecule has 3 rings (SSSR count). The number of anilines is 1. The number of nitrogens with one attached hydrogen (secondary N) is 2. The third-order valence-electron chi connectivity index (χ3n) is 5.30. The van der Waals surface area contributed by atoms with Crippen molar-refractivity contribution < 1.29 is 32.6 Å². The fraction of sp³-hybridized carbons (Fsp3) is 0.391. The molecule has 0 radical (unpaired) electrons. The molecule has 0 heterocycles. The first-order chi connectivity index (χ1) is 15.6. The number of ether oxygens (including phenoxy) is 2. The smallest absolute Gasteiger partial charge is 0.397 e. The Bertz CT molecular complexity index is 1130. The maximum absolute atomic E-state index is 12.8. The van der Waals surface area contributed by atoms with Gasteiger partial charge in [-0.1, -0.05) is 12.8 Å². The van der Waals surface area contributed by atoms with Gasteiger partial charge in [-0.2, -0.15) is 0 Å². The molecule has 0 bridgehead atoms. The maximum Gasteiger partial charge on any atom is 0.397 e. The molecule has 0 saturated heterocycles. The lowest BCUT2D eigenvalue weighted by molar-refractivity contribution is -0.152. The highest BCUT2D eigenvalue weighted by Crippen LogP contribution is 2.35. The first kappa shape index (κ1) is 24.5. The lowest BCUT2D eigenvalue weighted by Crippen LogP contribution is -2.32. The summed E-state index contributed by atoms with van der Waals surface area (Å²) < 4.78 is 38.8. The van der Waals surface area contributed by atoms with Crippen LogP contribution in [-0.4, -0.2) is 38.0 Å². The molecule has 1 aliphatic rings. The Labute approximate surface area is 193 Å². The van der Waals surface area contributed by atoms with Crippen LogP contribution in [-0.2, 0) is 24.3 Å². The van der Waals surface area contributed by atoms with E-state index < -0.39 is 21.9 Å². The van der Waals surface area contributed by atoms with Crippen LogP contribution in [0.4, 0.5) is 5.69 Å². The molecule has 33 heavy (non-hydrogen) atoms. The summed E-state index contributed by atoms with van der Waals surface area (Å²) in [5.74, 6) is -1.53. The van der Waals surface area contributed by atoms with Gasteiger partial charge in [-0.15, -0.1) is 0 Å². The van der Waals surface area contributed by atoms with Crippen LogP contribution in [0.2, 0.25) is 0 Å². The van der Waals surface area contributed by atoms with Crippen molar-refractivity contribution in [3.63, 3.8) is 0 Å². The number of hydrogen-bond acceptors (Lipinski definition) is 7. The summed E-state index contributed by atoms with van der Waals surface area (Å²) in [6.07, 6.45) is 3.48. The zero-order valence-electron chi connectivity index (χ0n) is 18.8. The Balaban J connectivity index is 1.81. The maximum atomic E-state index is 12.8. The zero-order valence-corrected chi connectivity index (χ0v) is 19.6. The van der Waals surface area contributed by atoms with E-state index in [-0.39, 0.29) is 29.0 Å². The molecule has 3 N–H and O–H groups in total. The summed E-state index contributed by atoms with van der Waals surface area (Å²) in [4.78, 5) is 23.2. The van der Waals surface area contributed by atoms with Gasteiger partial charge in [-0.25, -0.2) is 17.9 Å². The number of sulfonamides is 1. The number of benzene rings is 2. The van der Waals surface area contributed by atoms with Gasteiger partial charge in [0.2, 0.25) is 10.0 Å². The molecule has 1 aliphatic carbocycles. The fourth-order valence-corrected chi connectivity index (χ4v) is 5.20. The minimum absolute atomic E-state index is 0.0948. The molecule has 10 heteroatoms. The lowest BCUT2D eigenvalue weighted by atomic mass is 10.1. The molecule has 1 saturated carbocycles. The topological polar surface area (TPSA) is 131 Å². The summed E-state index contributed by atoms with van der Waals surface area (Å²) in [5.41, 5.74) is 1.69. The number of phenols is 1. The zero-order chi connectivity index (χ0) is 24.2. The van der Waals surface area contributed by atoms with Crippen molar-refractivity contribution in [3.8, 4) is 17.2 Å². The Morgan fingerprint density at radius 3 is 2.33 bits per heavy atom. The highest BCUT2D eigenvalue weighted by Gasteiger charge is 2.26. The van der Waals surface area contributed by atoms with Gasteiger partial charge in [0, 0.05) is 17.8 Å². The van der Waals surface area contributed by atoms with Crippen molar-refractivity contribution in [2.24, 2.45) is 0 Å². The van der Waals surface area contributed by atoms with E-state index in [0.717, 1.165) is 25.7 Å². The van der Waals surface area contributed by atoms with E-state index >= 15 is 0 Å². The quantitative estimate of drug-likeness (QED) is 0.412. The summed E-state index contributed by atoms with van der Waals surface area (Å²) in [5, 5.41) is 12.7. The van der Waals surface area contributed by atoms with Crippen LogP contribution in [0, 0.1) is 13.8 Å². The summed E-state index contributed by atoms with van der Waals surface area (Å²) in [6.45, 7) is 5.21. The minimum atomic E-state index is -3.91. The van der Waals surface area contributed by atoms with Crippen LogP contribution in [0.15, 0.2) is 35.2 Å². The molecule has 1 amide bonds. The van der Waals surface area contributed by atoms with E-state index in [1.165, 1.54) is 18.2 Å². The number of hydrogen-bond donors (Lipinski definition) is 3. The molecule has 0 spiro atoms. The second kappa shape index (κ2) is 10.2. The van der Waals surface area contributed by atoms with Crippen molar-refractivity contribution >= 4 is 27.6 Å². The number of rotatable bonds is 7. The number of carbonyl (C=O) groups excluding carboxylic acids is 2. The number of phenolic OH excluding ortho intramolecular Hbond substituents is 1.